The first-order valence-electron chi connectivity index (χ1n) is 5.77. The molecule has 0 aliphatic rings. The van der Waals surface area contributed by atoms with E-state index in [1.807, 2.05) is 41.3 Å². The molecule has 2 aromatic heterocycles. The molecule has 1 N–H and O–H groups in total. The van der Waals surface area contributed by atoms with Crippen LogP contribution in [-0.2, 0) is 13.6 Å². The van der Waals surface area contributed by atoms with E-state index in [0.717, 1.165) is 22.8 Å². The maximum atomic E-state index is 4.08. The second-order valence-electron chi connectivity index (χ2n) is 4.09. The van der Waals surface area contributed by atoms with Crippen molar-refractivity contribution in [3.8, 4) is 11.4 Å². The summed E-state index contributed by atoms with van der Waals surface area (Å²) in [5.41, 5.74) is 3.03. The Balaban J connectivity index is 1.71. The summed E-state index contributed by atoms with van der Waals surface area (Å²) >= 11 is 1.36. The van der Waals surface area contributed by atoms with Crippen LogP contribution in [0.4, 0.5) is 5.69 Å². The normalized spacial score (nSPS) is 10.6. The molecular formula is C12H12N6S. The monoisotopic (exact) mass is 272 g/mol. The van der Waals surface area contributed by atoms with Crippen molar-refractivity contribution in [3.63, 3.8) is 0 Å². The molecule has 0 spiro atoms. The summed E-state index contributed by atoms with van der Waals surface area (Å²) in [6.07, 6.45) is 1.69. The molecule has 0 amide bonds. The molecule has 7 heteroatoms. The molecule has 0 unspecified atom stereocenters. The number of anilines is 1. The minimum Gasteiger partial charge on any atom is -0.379 e. The Labute approximate surface area is 114 Å². The SMILES string of the molecule is Cn1cnnc1-c1ccc(NCc2csnn2)cc1. The lowest BCUT2D eigenvalue weighted by Gasteiger charge is -2.05. The van der Waals surface area contributed by atoms with E-state index in [4.69, 9.17) is 0 Å². The highest BCUT2D eigenvalue weighted by Crippen LogP contribution is 2.18. The van der Waals surface area contributed by atoms with Gasteiger partial charge in [0, 0.05) is 23.7 Å². The van der Waals surface area contributed by atoms with Gasteiger partial charge in [0.05, 0.1) is 12.2 Å². The zero-order valence-electron chi connectivity index (χ0n) is 10.3. The highest BCUT2D eigenvalue weighted by atomic mass is 32.1. The maximum absolute atomic E-state index is 4.08. The van der Waals surface area contributed by atoms with Crippen LogP contribution in [0.2, 0.25) is 0 Å². The molecule has 0 radical (unpaired) electrons. The minimum atomic E-state index is 0.680. The van der Waals surface area contributed by atoms with Crippen LogP contribution in [0, 0.1) is 0 Å². The number of nitrogens with one attached hydrogen (secondary N) is 1. The minimum absolute atomic E-state index is 0.680. The third-order valence-corrected chi connectivity index (χ3v) is 3.29. The van der Waals surface area contributed by atoms with Gasteiger partial charge in [-0.05, 0) is 35.8 Å². The first-order valence-corrected chi connectivity index (χ1v) is 6.61. The van der Waals surface area contributed by atoms with Crippen molar-refractivity contribution in [2.45, 2.75) is 6.54 Å². The molecule has 0 saturated heterocycles. The third kappa shape index (κ3) is 2.60. The van der Waals surface area contributed by atoms with Gasteiger partial charge in [-0.15, -0.1) is 15.3 Å². The van der Waals surface area contributed by atoms with E-state index in [-0.39, 0.29) is 0 Å². The Hall–Kier alpha value is -2.28. The Morgan fingerprint density at radius 1 is 1.21 bits per heavy atom. The van der Waals surface area contributed by atoms with Crippen molar-refractivity contribution in [2.75, 3.05) is 5.32 Å². The number of aromatic nitrogens is 5. The Morgan fingerprint density at radius 2 is 2.05 bits per heavy atom. The van der Waals surface area contributed by atoms with Crippen molar-refractivity contribution in [1.82, 2.24) is 24.4 Å². The predicted octanol–water partition coefficient (Wildman–Crippen LogP) is 1.95. The van der Waals surface area contributed by atoms with Crippen LogP contribution < -0.4 is 5.32 Å². The van der Waals surface area contributed by atoms with Gasteiger partial charge in [0.1, 0.15) is 6.33 Å². The summed E-state index contributed by atoms with van der Waals surface area (Å²) in [4.78, 5) is 0. The zero-order valence-corrected chi connectivity index (χ0v) is 11.1. The second kappa shape index (κ2) is 5.15. The smallest absolute Gasteiger partial charge is 0.163 e. The topological polar surface area (TPSA) is 68.5 Å². The molecule has 0 aliphatic heterocycles. The molecule has 0 bridgehead atoms. The van der Waals surface area contributed by atoms with Crippen molar-refractivity contribution < 1.29 is 0 Å². The summed E-state index contributed by atoms with van der Waals surface area (Å²) < 4.78 is 5.72. The van der Waals surface area contributed by atoms with Crippen LogP contribution in [0.15, 0.2) is 36.0 Å². The van der Waals surface area contributed by atoms with Crippen LogP contribution in [0.3, 0.4) is 0 Å². The van der Waals surface area contributed by atoms with Gasteiger partial charge < -0.3 is 9.88 Å². The van der Waals surface area contributed by atoms with Crippen LogP contribution >= 0.6 is 11.5 Å². The summed E-state index contributed by atoms with van der Waals surface area (Å²) in [5.74, 6) is 0.857. The maximum Gasteiger partial charge on any atom is 0.163 e. The first-order chi connectivity index (χ1) is 9.33. The van der Waals surface area contributed by atoms with Gasteiger partial charge in [-0.2, -0.15) is 0 Å². The van der Waals surface area contributed by atoms with Gasteiger partial charge in [0.25, 0.3) is 0 Å². The molecule has 0 fully saturated rings. The number of nitrogens with zero attached hydrogens (tertiary/aromatic N) is 5. The van der Waals surface area contributed by atoms with Gasteiger partial charge in [-0.3, -0.25) is 0 Å². The third-order valence-electron chi connectivity index (χ3n) is 2.73. The summed E-state index contributed by atoms with van der Waals surface area (Å²) in [5, 5.41) is 17.2. The molecule has 19 heavy (non-hydrogen) atoms. The molecule has 1 aromatic carbocycles. The van der Waals surface area contributed by atoms with Gasteiger partial charge in [-0.25, -0.2) is 0 Å². The van der Waals surface area contributed by atoms with E-state index in [2.05, 4.69) is 25.1 Å². The molecule has 0 atom stereocenters. The average molecular weight is 272 g/mol. The van der Waals surface area contributed by atoms with E-state index in [1.54, 1.807) is 6.33 Å². The van der Waals surface area contributed by atoms with E-state index >= 15 is 0 Å². The summed E-state index contributed by atoms with van der Waals surface area (Å²) in [7, 11) is 1.93. The Bertz CT molecular complexity index is 643. The van der Waals surface area contributed by atoms with Crippen LogP contribution in [-0.4, -0.2) is 24.4 Å². The van der Waals surface area contributed by atoms with Crippen LogP contribution in [0.1, 0.15) is 5.69 Å². The fourth-order valence-electron chi connectivity index (χ4n) is 1.74. The fourth-order valence-corrected chi connectivity index (χ4v) is 2.19. The number of aryl methyl sites for hydroxylation is 1. The number of hydrogen-bond acceptors (Lipinski definition) is 6. The molecule has 2 heterocycles. The highest BCUT2D eigenvalue weighted by molar-refractivity contribution is 7.03. The van der Waals surface area contributed by atoms with Gasteiger partial charge in [0.2, 0.25) is 0 Å². The van der Waals surface area contributed by atoms with E-state index in [1.165, 1.54) is 11.5 Å². The second-order valence-corrected chi connectivity index (χ2v) is 4.70. The summed E-state index contributed by atoms with van der Waals surface area (Å²) in [6.45, 7) is 0.680. The Kier molecular flexibility index (Phi) is 3.20. The van der Waals surface area contributed by atoms with Gasteiger partial charge in [-0.1, -0.05) is 4.49 Å². The van der Waals surface area contributed by atoms with Crippen molar-refractivity contribution in [2.24, 2.45) is 7.05 Å². The summed E-state index contributed by atoms with van der Waals surface area (Å²) in [6, 6.07) is 8.07. The molecule has 96 valence electrons. The molecule has 3 aromatic rings. The lowest BCUT2D eigenvalue weighted by molar-refractivity contribution is 0.920. The quantitative estimate of drug-likeness (QED) is 0.786. The van der Waals surface area contributed by atoms with Crippen LogP contribution in [0.25, 0.3) is 11.4 Å². The molecule has 3 rings (SSSR count). The molecule has 0 aliphatic carbocycles. The largest absolute Gasteiger partial charge is 0.379 e. The molecular weight excluding hydrogens is 260 g/mol. The first kappa shape index (κ1) is 11.8. The Morgan fingerprint density at radius 3 is 2.68 bits per heavy atom. The lowest BCUT2D eigenvalue weighted by atomic mass is 10.2. The average Bonchev–Trinajstić information content (AvgIpc) is 3.08. The molecule has 6 nitrogen and oxygen atoms in total. The van der Waals surface area contributed by atoms with E-state index in [0.29, 0.717) is 6.54 Å². The van der Waals surface area contributed by atoms with Crippen LogP contribution in [0.5, 0.6) is 0 Å². The van der Waals surface area contributed by atoms with Crippen molar-refractivity contribution >= 4 is 17.2 Å². The van der Waals surface area contributed by atoms with Gasteiger partial charge in [0.15, 0.2) is 5.82 Å². The number of hydrogen-bond donors (Lipinski definition) is 1. The van der Waals surface area contributed by atoms with Crippen molar-refractivity contribution in [3.05, 3.63) is 41.7 Å². The van der Waals surface area contributed by atoms with Crippen molar-refractivity contribution in [1.29, 1.82) is 0 Å². The van der Waals surface area contributed by atoms with E-state index in [9.17, 15) is 0 Å². The molecule has 0 saturated carbocycles. The number of benzene rings is 1. The van der Waals surface area contributed by atoms with E-state index < -0.39 is 0 Å². The predicted molar refractivity (Wildman–Crippen MR) is 73.7 cm³/mol. The standard InChI is InChI=1S/C12H12N6S/c1-18-8-14-16-12(18)9-2-4-10(5-3-9)13-6-11-7-19-17-15-11/h2-5,7-8,13H,6H2,1H3. The zero-order chi connectivity index (χ0) is 13.1. The highest BCUT2D eigenvalue weighted by Gasteiger charge is 2.04. The number of rotatable bonds is 4. The van der Waals surface area contributed by atoms with Gasteiger partial charge >= 0.3 is 0 Å². The lowest BCUT2D eigenvalue weighted by Crippen LogP contribution is -1.99. The fraction of sp³-hybridized carbons (Fsp3) is 0.167.